The van der Waals surface area contributed by atoms with Crippen LogP contribution in [0.3, 0.4) is 0 Å². The lowest BCUT2D eigenvalue weighted by atomic mass is 10.2. The number of anilines is 1. The van der Waals surface area contributed by atoms with Gasteiger partial charge in [-0.05, 0) is 55.3 Å². The van der Waals surface area contributed by atoms with Gasteiger partial charge in [0.15, 0.2) is 23.1 Å². The van der Waals surface area contributed by atoms with Crippen molar-refractivity contribution >= 4 is 17.6 Å². The predicted octanol–water partition coefficient (Wildman–Crippen LogP) is 5.07. The number of ether oxygens (including phenoxy) is 2. The molecule has 0 unspecified atom stereocenters. The zero-order chi connectivity index (χ0) is 25.7. The molecule has 0 spiro atoms. The minimum absolute atomic E-state index is 0.0933. The topological polar surface area (TPSA) is 84.2 Å². The number of hydrogen-bond acceptors (Lipinski definition) is 5. The van der Waals surface area contributed by atoms with Gasteiger partial charge in [-0.2, -0.15) is 0 Å². The van der Waals surface area contributed by atoms with E-state index in [0.29, 0.717) is 30.2 Å². The Morgan fingerprint density at radius 3 is 2.47 bits per heavy atom. The van der Waals surface area contributed by atoms with E-state index >= 15 is 0 Å². The van der Waals surface area contributed by atoms with Gasteiger partial charge in [-0.3, -0.25) is 4.79 Å². The zero-order valence-corrected chi connectivity index (χ0v) is 20.1. The van der Waals surface area contributed by atoms with E-state index in [-0.39, 0.29) is 38.0 Å². The lowest BCUT2D eigenvalue weighted by Gasteiger charge is -2.27. The van der Waals surface area contributed by atoms with Crippen molar-refractivity contribution in [2.75, 3.05) is 25.2 Å². The van der Waals surface area contributed by atoms with Crippen molar-refractivity contribution in [1.82, 2.24) is 9.80 Å². The van der Waals surface area contributed by atoms with Crippen LogP contribution < -0.4 is 14.8 Å². The molecule has 4 rings (SSSR count). The number of fused-ring (bicyclic) bond motifs is 1. The van der Waals surface area contributed by atoms with Gasteiger partial charge in [-0.15, -0.1) is 0 Å². The van der Waals surface area contributed by atoms with E-state index in [1.807, 2.05) is 32.0 Å². The summed E-state index contributed by atoms with van der Waals surface area (Å²) in [5.74, 6) is 0.175. The number of benzene rings is 2. The first kappa shape index (κ1) is 25.0. The molecule has 2 aromatic carbocycles. The number of urea groups is 1. The molecule has 0 saturated carbocycles. The third-order valence-corrected chi connectivity index (χ3v) is 5.58. The van der Waals surface area contributed by atoms with Crippen molar-refractivity contribution in [3.8, 4) is 11.5 Å². The first-order valence-corrected chi connectivity index (χ1v) is 11.5. The Morgan fingerprint density at radius 1 is 0.944 bits per heavy atom. The number of aryl methyl sites for hydroxylation is 1. The van der Waals surface area contributed by atoms with Gasteiger partial charge in [0.1, 0.15) is 18.1 Å². The van der Waals surface area contributed by atoms with Gasteiger partial charge in [0.2, 0.25) is 12.7 Å². The molecule has 0 bridgehead atoms. The summed E-state index contributed by atoms with van der Waals surface area (Å²) in [5, 5.41) is 2.53. The van der Waals surface area contributed by atoms with Gasteiger partial charge < -0.3 is 29.0 Å². The fourth-order valence-corrected chi connectivity index (χ4v) is 3.81. The van der Waals surface area contributed by atoms with Gasteiger partial charge in [-0.1, -0.05) is 13.0 Å². The third-order valence-electron chi connectivity index (χ3n) is 5.58. The molecule has 0 radical (unpaired) electrons. The summed E-state index contributed by atoms with van der Waals surface area (Å²) in [5.41, 5.74) is 0.917. The minimum atomic E-state index is -1.07. The van der Waals surface area contributed by atoms with Crippen molar-refractivity contribution in [2.45, 2.75) is 33.4 Å². The highest BCUT2D eigenvalue weighted by Gasteiger charge is 2.23. The summed E-state index contributed by atoms with van der Waals surface area (Å²) in [6.07, 6.45) is 0.595. The molecule has 0 aliphatic carbocycles. The summed E-state index contributed by atoms with van der Waals surface area (Å²) < 4.78 is 43.3. The predicted molar refractivity (Wildman–Crippen MR) is 128 cm³/mol. The van der Waals surface area contributed by atoms with Crippen LogP contribution in [0, 0.1) is 18.6 Å². The van der Waals surface area contributed by atoms with Gasteiger partial charge >= 0.3 is 6.03 Å². The summed E-state index contributed by atoms with van der Waals surface area (Å²) in [6.45, 7) is 4.36. The largest absolute Gasteiger partial charge is 0.464 e. The summed E-state index contributed by atoms with van der Waals surface area (Å²) in [7, 11) is 0. The lowest BCUT2D eigenvalue weighted by Crippen LogP contribution is -2.44. The van der Waals surface area contributed by atoms with Gasteiger partial charge in [0.05, 0.1) is 6.54 Å². The van der Waals surface area contributed by atoms with Crippen LogP contribution in [-0.2, 0) is 17.9 Å². The van der Waals surface area contributed by atoms with E-state index in [1.165, 1.54) is 11.0 Å². The maximum Gasteiger partial charge on any atom is 0.322 e. The molecule has 0 saturated heterocycles. The molecule has 0 fully saturated rings. The maximum atomic E-state index is 13.6. The fourth-order valence-electron chi connectivity index (χ4n) is 3.81. The SMILES string of the molecule is CCCN(CC(=O)N(Cc1ccc2c(c1)OCO2)Cc1ccc(C)o1)C(=O)Nc1ccc(F)c(F)c1. The number of hydrogen-bond donors (Lipinski definition) is 1. The lowest BCUT2D eigenvalue weighted by molar-refractivity contribution is -0.133. The molecule has 190 valence electrons. The second kappa shape index (κ2) is 11.1. The Bertz CT molecular complexity index is 1250. The minimum Gasteiger partial charge on any atom is -0.464 e. The quantitative estimate of drug-likeness (QED) is 0.445. The molecule has 10 heteroatoms. The molecule has 3 amide bonds. The summed E-state index contributed by atoms with van der Waals surface area (Å²) >= 11 is 0. The Hall–Kier alpha value is -4.08. The number of nitrogens with one attached hydrogen (secondary N) is 1. The second-order valence-electron chi connectivity index (χ2n) is 8.43. The van der Waals surface area contributed by atoms with Crippen molar-refractivity contribution in [2.24, 2.45) is 0 Å². The number of carbonyl (C=O) groups is 2. The van der Waals surface area contributed by atoms with E-state index in [4.69, 9.17) is 13.9 Å². The van der Waals surface area contributed by atoms with E-state index in [1.54, 1.807) is 17.0 Å². The number of amides is 3. The van der Waals surface area contributed by atoms with Crippen LogP contribution in [0.1, 0.15) is 30.4 Å². The van der Waals surface area contributed by atoms with Crippen LogP contribution in [0.4, 0.5) is 19.3 Å². The first-order valence-electron chi connectivity index (χ1n) is 11.5. The highest BCUT2D eigenvalue weighted by Crippen LogP contribution is 2.33. The van der Waals surface area contributed by atoms with Crippen molar-refractivity contribution in [1.29, 1.82) is 0 Å². The summed E-state index contributed by atoms with van der Waals surface area (Å²) in [6, 6.07) is 11.6. The van der Waals surface area contributed by atoms with Crippen LogP contribution >= 0.6 is 0 Å². The average Bonchev–Trinajstić information content (AvgIpc) is 3.48. The van der Waals surface area contributed by atoms with Crippen LogP contribution in [0.25, 0.3) is 0 Å². The number of halogens is 2. The maximum absolute atomic E-state index is 13.6. The molecule has 1 aromatic heterocycles. The van der Waals surface area contributed by atoms with Crippen molar-refractivity contribution < 1.29 is 32.3 Å². The number of carbonyl (C=O) groups excluding carboxylic acids is 2. The highest BCUT2D eigenvalue weighted by molar-refractivity contribution is 5.92. The van der Waals surface area contributed by atoms with Crippen LogP contribution in [0.5, 0.6) is 11.5 Å². The molecule has 1 aliphatic rings. The van der Waals surface area contributed by atoms with Gasteiger partial charge in [0.25, 0.3) is 0 Å². The van der Waals surface area contributed by atoms with Crippen molar-refractivity contribution in [3.05, 3.63) is 77.2 Å². The molecule has 3 aromatic rings. The molecule has 1 N–H and O–H groups in total. The Morgan fingerprint density at radius 2 is 1.75 bits per heavy atom. The molecule has 0 atom stereocenters. The standard InChI is InChI=1S/C26H27F2N3O5/c1-3-10-30(26(33)29-19-6-8-21(27)22(28)12-19)15-25(32)31(14-20-7-4-17(2)36-20)13-18-5-9-23-24(11-18)35-16-34-23/h4-9,11-12H,3,10,13-16H2,1-2H3,(H,29,33). The van der Waals surface area contributed by atoms with Crippen LogP contribution in [-0.4, -0.2) is 41.6 Å². The van der Waals surface area contributed by atoms with Gasteiger partial charge in [0, 0.05) is 24.8 Å². The molecular weight excluding hydrogens is 472 g/mol. The smallest absolute Gasteiger partial charge is 0.322 e. The Kier molecular flexibility index (Phi) is 7.72. The average molecular weight is 500 g/mol. The second-order valence-corrected chi connectivity index (χ2v) is 8.43. The van der Waals surface area contributed by atoms with Crippen molar-refractivity contribution in [3.63, 3.8) is 0 Å². The van der Waals surface area contributed by atoms with E-state index in [9.17, 15) is 18.4 Å². The molecule has 2 heterocycles. The fraction of sp³-hybridized carbons (Fsp3) is 0.308. The van der Waals surface area contributed by atoms with Crippen LogP contribution in [0.2, 0.25) is 0 Å². The number of nitrogens with zero attached hydrogens (tertiary/aromatic N) is 2. The Labute approximate surface area is 207 Å². The first-order chi connectivity index (χ1) is 17.3. The third kappa shape index (κ3) is 6.12. The number of furan rings is 1. The molecule has 36 heavy (non-hydrogen) atoms. The van der Waals surface area contributed by atoms with E-state index < -0.39 is 17.7 Å². The molecule has 8 nitrogen and oxygen atoms in total. The molecular formula is C26H27F2N3O5. The van der Waals surface area contributed by atoms with E-state index in [2.05, 4.69) is 5.32 Å². The zero-order valence-electron chi connectivity index (χ0n) is 20.1. The summed E-state index contributed by atoms with van der Waals surface area (Å²) in [4.78, 5) is 29.2. The van der Waals surface area contributed by atoms with E-state index in [0.717, 1.165) is 23.5 Å². The van der Waals surface area contributed by atoms with Gasteiger partial charge in [-0.25, -0.2) is 13.6 Å². The molecule has 1 aliphatic heterocycles. The number of rotatable bonds is 9. The van der Waals surface area contributed by atoms with Crippen LogP contribution in [0.15, 0.2) is 52.9 Å². The highest BCUT2D eigenvalue weighted by atomic mass is 19.2. The monoisotopic (exact) mass is 499 g/mol. The normalized spacial score (nSPS) is 11.9. The Balaban J connectivity index is 1.50.